The van der Waals surface area contributed by atoms with Crippen LogP contribution in [0.3, 0.4) is 0 Å². The molecule has 0 amide bonds. The van der Waals surface area contributed by atoms with E-state index >= 15 is 0 Å². The Bertz CT molecular complexity index is 309. The Morgan fingerprint density at radius 3 is 1.41 bits per heavy atom. The van der Waals surface area contributed by atoms with Gasteiger partial charge in [-0.25, -0.2) is 0 Å². The lowest BCUT2D eigenvalue weighted by molar-refractivity contribution is 0.225. The minimum absolute atomic E-state index is 0.341. The van der Waals surface area contributed by atoms with E-state index < -0.39 is 0 Å². The summed E-state index contributed by atoms with van der Waals surface area (Å²) in [6, 6.07) is 0. The highest BCUT2D eigenvalue weighted by atomic mass is 35.7. The summed E-state index contributed by atoms with van der Waals surface area (Å²) < 4.78 is 0. The molecule has 2 fully saturated rings. The van der Waals surface area contributed by atoms with E-state index in [-0.39, 0.29) is 7.27 Å². The predicted molar refractivity (Wildman–Crippen MR) is 103 cm³/mol. The molecule has 0 bridgehead atoms. The molecule has 0 heterocycles. The molecule has 2 aliphatic rings. The fraction of sp³-hybridized carbons (Fsp3) is 1.00. The lowest BCUT2D eigenvalue weighted by Crippen LogP contribution is -2.37. The van der Waals surface area contributed by atoms with Crippen LogP contribution < -0.4 is 0 Å². The van der Waals surface area contributed by atoms with Crippen molar-refractivity contribution in [3.63, 3.8) is 0 Å². The largest absolute Gasteiger partial charge is 0.0958 e. The zero-order chi connectivity index (χ0) is 16.4. The van der Waals surface area contributed by atoms with E-state index in [2.05, 4.69) is 41.5 Å². The second-order valence-corrected chi connectivity index (χ2v) is 12.3. The van der Waals surface area contributed by atoms with Crippen LogP contribution in [-0.2, 0) is 0 Å². The molecule has 0 aromatic heterocycles. The minimum Gasteiger partial charge on any atom is -0.0958 e. The minimum atomic E-state index is -0.341. The van der Waals surface area contributed by atoms with E-state index in [1.54, 1.807) is 0 Å². The molecule has 0 aromatic rings. The van der Waals surface area contributed by atoms with Crippen LogP contribution in [0.15, 0.2) is 0 Å². The van der Waals surface area contributed by atoms with Crippen LogP contribution in [0.2, 0.25) is 0 Å². The quantitative estimate of drug-likeness (QED) is 0.462. The van der Waals surface area contributed by atoms with Crippen molar-refractivity contribution >= 4 is 18.5 Å². The third-order valence-electron chi connectivity index (χ3n) is 6.61. The highest BCUT2D eigenvalue weighted by Crippen LogP contribution is 2.64. The molecule has 2 saturated carbocycles. The average molecular weight is 345 g/mol. The van der Waals surface area contributed by atoms with Crippen molar-refractivity contribution in [2.45, 2.75) is 91.4 Å². The van der Waals surface area contributed by atoms with Crippen LogP contribution >= 0.6 is 18.5 Å². The van der Waals surface area contributed by atoms with E-state index in [0.717, 1.165) is 46.8 Å². The summed E-state index contributed by atoms with van der Waals surface area (Å²) in [5.41, 5.74) is 1.63. The third kappa shape index (κ3) is 4.42. The summed E-state index contributed by atoms with van der Waals surface area (Å²) in [6.07, 6.45) is 8.48. The summed E-state index contributed by atoms with van der Waals surface area (Å²) in [5, 5.41) is 0. The molecular weight excluding hydrogens is 307 g/mol. The monoisotopic (exact) mass is 344 g/mol. The van der Waals surface area contributed by atoms with Gasteiger partial charge in [0, 0.05) is 0 Å². The Labute approximate surface area is 145 Å². The topological polar surface area (TPSA) is 0 Å². The maximum atomic E-state index is 7.31. The standard InChI is InChI=1S/C20H38ClP/c1-13(2)17-9-7-15(5)11-19(17)22(21)20-12-16(6)8-10-18(20)14(3)4/h13-20H,7-12H2,1-6H3/t15-,16-,17+,18+,19-,20-/m1/s1. The molecule has 2 rings (SSSR count). The molecule has 0 saturated heterocycles. The summed E-state index contributed by atoms with van der Waals surface area (Å²) in [7, 11) is -0.341. The molecule has 0 unspecified atom stereocenters. The smallest absolute Gasteiger partial charge is 0.00280 e. The molecule has 0 nitrogen and oxygen atoms in total. The second-order valence-electron chi connectivity index (χ2n) is 9.13. The van der Waals surface area contributed by atoms with Gasteiger partial charge in [0.15, 0.2) is 0 Å². The van der Waals surface area contributed by atoms with Gasteiger partial charge in [0.2, 0.25) is 0 Å². The van der Waals surface area contributed by atoms with Crippen molar-refractivity contribution in [3.8, 4) is 0 Å². The van der Waals surface area contributed by atoms with E-state index in [0.29, 0.717) is 0 Å². The van der Waals surface area contributed by atoms with Gasteiger partial charge in [0.1, 0.15) is 0 Å². The lowest BCUT2D eigenvalue weighted by Gasteiger charge is -2.47. The van der Waals surface area contributed by atoms with Gasteiger partial charge in [-0.3, -0.25) is 0 Å². The van der Waals surface area contributed by atoms with Crippen molar-refractivity contribution in [1.82, 2.24) is 0 Å². The van der Waals surface area contributed by atoms with E-state index in [1.807, 2.05) is 0 Å². The molecule has 0 N–H and O–H groups in total. The summed E-state index contributed by atoms with van der Waals surface area (Å²) >= 11 is 7.31. The van der Waals surface area contributed by atoms with Gasteiger partial charge in [-0.05, 0) is 79.8 Å². The van der Waals surface area contributed by atoms with E-state index in [1.165, 1.54) is 38.5 Å². The number of rotatable bonds is 4. The Kier molecular flexibility index (Phi) is 7.10. The first-order chi connectivity index (χ1) is 10.3. The maximum absolute atomic E-state index is 7.31. The zero-order valence-corrected chi connectivity index (χ0v) is 17.3. The van der Waals surface area contributed by atoms with Gasteiger partial charge < -0.3 is 0 Å². The predicted octanol–water partition coefficient (Wildman–Crippen LogP) is 7.54. The fourth-order valence-electron chi connectivity index (χ4n) is 5.12. The second kappa shape index (κ2) is 8.20. The van der Waals surface area contributed by atoms with Gasteiger partial charge in [-0.1, -0.05) is 65.6 Å². The normalized spacial score (nSPS) is 40.6. The summed E-state index contributed by atoms with van der Waals surface area (Å²) in [6.45, 7) is 14.6. The van der Waals surface area contributed by atoms with E-state index in [9.17, 15) is 0 Å². The van der Waals surface area contributed by atoms with E-state index in [4.69, 9.17) is 11.2 Å². The number of hydrogen-bond acceptors (Lipinski definition) is 0. The van der Waals surface area contributed by atoms with Crippen molar-refractivity contribution in [3.05, 3.63) is 0 Å². The SMILES string of the molecule is CC(C)[C@@H]1CC[C@@H](C)C[C@H]1P(Cl)[C@@H]1C[C@H](C)CC[C@H]1C(C)C. The lowest BCUT2D eigenvalue weighted by atomic mass is 9.76. The van der Waals surface area contributed by atoms with Crippen LogP contribution in [0.4, 0.5) is 0 Å². The Morgan fingerprint density at radius 2 is 1.09 bits per heavy atom. The molecule has 2 aliphatic carbocycles. The van der Waals surface area contributed by atoms with Crippen LogP contribution in [0.25, 0.3) is 0 Å². The Hall–Kier alpha value is 0.720. The average Bonchev–Trinajstić information content (AvgIpc) is 2.45. The molecule has 0 spiro atoms. The Morgan fingerprint density at radius 1 is 0.727 bits per heavy atom. The van der Waals surface area contributed by atoms with Gasteiger partial charge in [-0.2, -0.15) is 0 Å². The van der Waals surface area contributed by atoms with Crippen LogP contribution in [0, 0.1) is 35.5 Å². The molecule has 22 heavy (non-hydrogen) atoms. The molecule has 6 atom stereocenters. The van der Waals surface area contributed by atoms with Crippen LogP contribution in [-0.4, -0.2) is 11.3 Å². The molecule has 0 aromatic carbocycles. The summed E-state index contributed by atoms with van der Waals surface area (Å²) in [5.74, 6) is 5.15. The van der Waals surface area contributed by atoms with Crippen molar-refractivity contribution in [1.29, 1.82) is 0 Å². The first-order valence-corrected chi connectivity index (χ1v) is 12.1. The molecule has 130 valence electrons. The highest BCUT2D eigenvalue weighted by Gasteiger charge is 2.43. The van der Waals surface area contributed by atoms with Gasteiger partial charge in [-0.15, -0.1) is 0 Å². The highest BCUT2D eigenvalue weighted by molar-refractivity contribution is 7.85. The molecule has 2 heteroatoms. The van der Waals surface area contributed by atoms with Gasteiger partial charge >= 0.3 is 0 Å². The molecule has 0 radical (unpaired) electrons. The van der Waals surface area contributed by atoms with Gasteiger partial charge in [0.25, 0.3) is 0 Å². The van der Waals surface area contributed by atoms with Crippen LogP contribution in [0.5, 0.6) is 0 Å². The first kappa shape index (κ1) is 19.1. The summed E-state index contributed by atoms with van der Waals surface area (Å²) in [4.78, 5) is 0. The molecular formula is C20H38ClP. The van der Waals surface area contributed by atoms with Crippen molar-refractivity contribution in [2.75, 3.05) is 0 Å². The number of hydrogen-bond donors (Lipinski definition) is 0. The third-order valence-corrected chi connectivity index (χ3v) is 10.6. The maximum Gasteiger partial charge on any atom is -0.00280 e. The zero-order valence-electron chi connectivity index (χ0n) is 15.7. The van der Waals surface area contributed by atoms with Gasteiger partial charge in [0.05, 0.1) is 0 Å². The van der Waals surface area contributed by atoms with Crippen molar-refractivity contribution < 1.29 is 0 Å². The Balaban J connectivity index is 2.16. The fourth-order valence-corrected chi connectivity index (χ4v) is 9.80. The number of halogens is 1. The van der Waals surface area contributed by atoms with Crippen LogP contribution in [0.1, 0.15) is 80.1 Å². The molecule has 0 aliphatic heterocycles. The van der Waals surface area contributed by atoms with Crippen molar-refractivity contribution in [2.24, 2.45) is 35.5 Å². The first-order valence-electron chi connectivity index (χ1n) is 9.75.